The molecule has 2 amide bonds. The molecule has 0 aromatic rings. The van der Waals surface area contributed by atoms with Gasteiger partial charge >= 0.3 is 0 Å². The van der Waals surface area contributed by atoms with Crippen LogP contribution in [0.5, 0.6) is 0 Å². The summed E-state index contributed by atoms with van der Waals surface area (Å²) >= 11 is 0. The van der Waals surface area contributed by atoms with Gasteiger partial charge in [0.25, 0.3) is 0 Å². The second kappa shape index (κ2) is 9.65. The molecule has 1 N–H and O–H groups in total. The number of nitrogens with one attached hydrogen (secondary N) is 1. The van der Waals surface area contributed by atoms with E-state index in [1.807, 2.05) is 14.1 Å². The van der Waals surface area contributed by atoms with Gasteiger partial charge in [-0.25, -0.2) is 0 Å². The van der Waals surface area contributed by atoms with Crippen molar-refractivity contribution in [1.29, 1.82) is 0 Å². The summed E-state index contributed by atoms with van der Waals surface area (Å²) in [6.07, 6.45) is 2.90. The second-order valence-electron chi connectivity index (χ2n) is 4.51. The summed E-state index contributed by atoms with van der Waals surface area (Å²) < 4.78 is 0. The molecule has 0 aromatic heterocycles. The summed E-state index contributed by atoms with van der Waals surface area (Å²) in [5.41, 5.74) is 0. The van der Waals surface area contributed by atoms with E-state index >= 15 is 0 Å². The minimum atomic E-state index is -0.0474. The molecule has 0 unspecified atom stereocenters. The third-order valence-corrected chi connectivity index (χ3v) is 2.53. The zero-order valence-corrected chi connectivity index (χ0v) is 11.7. The van der Waals surface area contributed by atoms with E-state index in [-0.39, 0.29) is 11.8 Å². The van der Waals surface area contributed by atoms with Crippen LogP contribution in [-0.4, -0.2) is 61.9 Å². The van der Waals surface area contributed by atoms with E-state index in [9.17, 15) is 9.59 Å². The van der Waals surface area contributed by atoms with Crippen LogP contribution < -0.4 is 5.32 Å². The number of carbonyl (C=O) groups is 2. The number of carbonyl (C=O) groups excluding carboxylic acids is 2. The first-order valence-corrected chi connectivity index (χ1v) is 6.25. The van der Waals surface area contributed by atoms with Gasteiger partial charge in [-0.2, -0.15) is 0 Å². The maximum atomic E-state index is 11.4. The van der Waals surface area contributed by atoms with Crippen molar-refractivity contribution >= 4 is 11.8 Å². The molecular weight excluding hydrogens is 230 g/mol. The quantitative estimate of drug-likeness (QED) is 0.610. The summed E-state index contributed by atoms with van der Waals surface area (Å²) in [6, 6.07) is 0. The third-order valence-electron chi connectivity index (χ3n) is 2.53. The fraction of sp³-hybridized carbons (Fsp3) is 0.692. The highest BCUT2D eigenvalue weighted by Gasteiger charge is 2.10. The van der Waals surface area contributed by atoms with Gasteiger partial charge in [0.1, 0.15) is 0 Å². The van der Waals surface area contributed by atoms with Crippen LogP contribution in [0.2, 0.25) is 0 Å². The van der Waals surface area contributed by atoms with Gasteiger partial charge in [0.05, 0.1) is 0 Å². The molecule has 5 heteroatoms. The van der Waals surface area contributed by atoms with Gasteiger partial charge in [0.15, 0.2) is 0 Å². The van der Waals surface area contributed by atoms with Crippen molar-refractivity contribution in [2.24, 2.45) is 0 Å². The van der Waals surface area contributed by atoms with Crippen LogP contribution in [0.25, 0.3) is 0 Å². The lowest BCUT2D eigenvalue weighted by Crippen LogP contribution is -2.35. The fourth-order valence-electron chi connectivity index (χ4n) is 1.52. The standard InChI is InChI=1S/C13H25N3O2/c1-5-8-14-13(18)7-11-16(12(2)17)10-6-9-15(3)4/h5H,1,6-11H2,2-4H3,(H,14,18). The Hall–Kier alpha value is -1.36. The number of hydrogen-bond donors (Lipinski definition) is 1. The molecule has 0 aromatic carbocycles. The monoisotopic (exact) mass is 255 g/mol. The van der Waals surface area contributed by atoms with Crippen molar-refractivity contribution in [3.05, 3.63) is 12.7 Å². The minimum absolute atomic E-state index is 0.0188. The van der Waals surface area contributed by atoms with Crippen LogP contribution >= 0.6 is 0 Å². The van der Waals surface area contributed by atoms with Crippen LogP contribution in [0.4, 0.5) is 0 Å². The van der Waals surface area contributed by atoms with Crippen LogP contribution in [0.15, 0.2) is 12.7 Å². The van der Waals surface area contributed by atoms with Gasteiger partial charge in [0.2, 0.25) is 11.8 Å². The average Bonchev–Trinajstić information content (AvgIpc) is 2.29. The van der Waals surface area contributed by atoms with Crippen molar-refractivity contribution in [2.45, 2.75) is 19.8 Å². The lowest BCUT2D eigenvalue weighted by molar-refractivity contribution is -0.129. The highest BCUT2D eigenvalue weighted by Crippen LogP contribution is 1.96. The topological polar surface area (TPSA) is 52.7 Å². The maximum Gasteiger partial charge on any atom is 0.222 e. The average molecular weight is 255 g/mol. The predicted octanol–water partition coefficient (Wildman–Crippen LogP) is 0.479. The van der Waals surface area contributed by atoms with Crippen LogP contribution in [0.3, 0.4) is 0 Å². The number of rotatable bonds is 9. The van der Waals surface area contributed by atoms with Gasteiger partial charge in [-0.3, -0.25) is 9.59 Å². The second-order valence-corrected chi connectivity index (χ2v) is 4.51. The van der Waals surface area contributed by atoms with Crippen molar-refractivity contribution < 1.29 is 9.59 Å². The lowest BCUT2D eigenvalue weighted by atomic mass is 10.3. The Morgan fingerprint density at radius 2 is 1.89 bits per heavy atom. The first-order chi connectivity index (χ1) is 8.47. The third kappa shape index (κ3) is 8.75. The van der Waals surface area contributed by atoms with E-state index in [4.69, 9.17) is 0 Å². The fourth-order valence-corrected chi connectivity index (χ4v) is 1.52. The molecule has 0 rings (SSSR count). The molecule has 0 spiro atoms. The van der Waals surface area contributed by atoms with Crippen molar-refractivity contribution in [3.8, 4) is 0 Å². The van der Waals surface area contributed by atoms with E-state index in [2.05, 4.69) is 16.8 Å². The lowest BCUT2D eigenvalue weighted by Gasteiger charge is -2.21. The summed E-state index contributed by atoms with van der Waals surface area (Å²) in [6.45, 7) is 7.65. The zero-order chi connectivity index (χ0) is 14.0. The Balaban J connectivity index is 3.93. The van der Waals surface area contributed by atoms with Gasteiger partial charge in [0, 0.05) is 33.0 Å². The van der Waals surface area contributed by atoms with E-state index in [0.717, 1.165) is 13.0 Å². The molecule has 0 heterocycles. The SMILES string of the molecule is C=CCNC(=O)CCN(CCCN(C)C)C(C)=O. The van der Waals surface area contributed by atoms with Crippen LogP contribution in [-0.2, 0) is 9.59 Å². The van der Waals surface area contributed by atoms with Gasteiger partial charge in [-0.15, -0.1) is 6.58 Å². The van der Waals surface area contributed by atoms with Gasteiger partial charge in [-0.1, -0.05) is 6.08 Å². The number of amides is 2. The summed E-state index contributed by atoms with van der Waals surface area (Å²) in [7, 11) is 4.00. The Morgan fingerprint density at radius 1 is 1.22 bits per heavy atom. The van der Waals surface area contributed by atoms with Crippen molar-refractivity contribution in [1.82, 2.24) is 15.1 Å². The Bertz CT molecular complexity index is 277. The highest BCUT2D eigenvalue weighted by atomic mass is 16.2. The molecule has 0 aliphatic rings. The largest absolute Gasteiger partial charge is 0.353 e. The van der Waals surface area contributed by atoms with Gasteiger partial charge in [-0.05, 0) is 27.1 Å². The smallest absolute Gasteiger partial charge is 0.222 e. The molecule has 5 nitrogen and oxygen atoms in total. The normalized spacial score (nSPS) is 10.2. The van der Waals surface area contributed by atoms with E-state index in [0.29, 0.717) is 26.1 Å². The highest BCUT2D eigenvalue weighted by molar-refractivity contribution is 5.78. The molecule has 0 aliphatic heterocycles. The molecule has 0 saturated heterocycles. The molecule has 0 radical (unpaired) electrons. The Kier molecular flexibility index (Phi) is 8.92. The molecule has 0 atom stereocenters. The summed E-state index contributed by atoms with van der Waals surface area (Å²) in [5, 5.41) is 2.70. The van der Waals surface area contributed by atoms with E-state index in [1.165, 1.54) is 6.92 Å². The summed E-state index contributed by atoms with van der Waals surface area (Å²) in [4.78, 5) is 26.6. The first-order valence-electron chi connectivity index (χ1n) is 6.25. The van der Waals surface area contributed by atoms with Crippen molar-refractivity contribution in [2.75, 3.05) is 40.3 Å². The minimum Gasteiger partial charge on any atom is -0.353 e. The maximum absolute atomic E-state index is 11.4. The van der Waals surface area contributed by atoms with Crippen molar-refractivity contribution in [3.63, 3.8) is 0 Å². The zero-order valence-electron chi connectivity index (χ0n) is 11.7. The molecule has 0 fully saturated rings. The Labute approximate surface area is 110 Å². The molecular formula is C13H25N3O2. The van der Waals surface area contributed by atoms with Crippen LogP contribution in [0, 0.1) is 0 Å². The molecule has 104 valence electrons. The molecule has 0 saturated carbocycles. The number of hydrogen-bond acceptors (Lipinski definition) is 3. The molecule has 0 aliphatic carbocycles. The van der Waals surface area contributed by atoms with E-state index in [1.54, 1.807) is 11.0 Å². The number of nitrogens with zero attached hydrogens (tertiary/aromatic N) is 2. The van der Waals surface area contributed by atoms with E-state index < -0.39 is 0 Å². The molecule has 0 bridgehead atoms. The first kappa shape index (κ1) is 16.6. The van der Waals surface area contributed by atoms with Crippen LogP contribution in [0.1, 0.15) is 19.8 Å². The summed E-state index contributed by atoms with van der Waals surface area (Å²) in [5.74, 6) is -0.0287. The van der Waals surface area contributed by atoms with Gasteiger partial charge < -0.3 is 15.1 Å². The Morgan fingerprint density at radius 3 is 2.39 bits per heavy atom. The molecule has 18 heavy (non-hydrogen) atoms. The predicted molar refractivity (Wildman–Crippen MR) is 73.2 cm³/mol.